The van der Waals surface area contributed by atoms with Crippen molar-refractivity contribution in [3.05, 3.63) is 63.2 Å². The van der Waals surface area contributed by atoms with E-state index in [1.54, 1.807) is 44.3 Å². The first kappa shape index (κ1) is 19.3. The number of nitro groups is 1. The van der Waals surface area contributed by atoms with Crippen molar-refractivity contribution in [2.24, 2.45) is 0 Å². The van der Waals surface area contributed by atoms with Crippen molar-refractivity contribution in [2.75, 3.05) is 30.4 Å². The number of benzene rings is 2. The molecule has 8 nitrogen and oxygen atoms in total. The van der Waals surface area contributed by atoms with E-state index in [-0.39, 0.29) is 17.2 Å². The average molecular weight is 382 g/mol. The minimum atomic E-state index is -0.451. The lowest BCUT2D eigenvalue weighted by Gasteiger charge is -2.18. The molecule has 2 N–H and O–H groups in total. The molecule has 0 aromatic heterocycles. The summed E-state index contributed by atoms with van der Waals surface area (Å²) < 4.78 is 0. The number of hydrogen-bond donors (Lipinski definition) is 2. The molecule has 2 amide bonds. The summed E-state index contributed by atoms with van der Waals surface area (Å²) in [5.41, 5.74) is 2.45. The van der Waals surface area contributed by atoms with Gasteiger partial charge in [-0.1, -0.05) is 0 Å². The SMILES string of the molecule is CNC(=O)c1ccc(NC(=O)c2ccc(N3CCCC3)c([N+](=O)[O-])c2)c(C)c1. The molecule has 0 saturated carbocycles. The van der Waals surface area contributed by atoms with Gasteiger partial charge in [0.1, 0.15) is 5.69 Å². The Morgan fingerprint density at radius 3 is 2.29 bits per heavy atom. The lowest BCUT2D eigenvalue weighted by Crippen LogP contribution is -2.20. The van der Waals surface area contributed by atoms with Gasteiger partial charge >= 0.3 is 0 Å². The lowest BCUT2D eigenvalue weighted by atomic mass is 10.1. The summed E-state index contributed by atoms with van der Waals surface area (Å²) in [5, 5.41) is 16.8. The monoisotopic (exact) mass is 382 g/mol. The quantitative estimate of drug-likeness (QED) is 0.611. The van der Waals surface area contributed by atoms with E-state index >= 15 is 0 Å². The summed E-state index contributed by atoms with van der Waals surface area (Å²) in [7, 11) is 1.55. The zero-order valence-electron chi connectivity index (χ0n) is 15.8. The van der Waals surface area contributed by atoms with Crippen LogP contribution in [0, 0.1) is 17.0 Å². The van der Waals surface area contributed by atoms with Gasteiger partial charge in [0.2, 0.25) is 0 Å². The molecule has 28 heavy (non-hydrogen) atoms. The Hall–Kier alpha value is -3.42. The van der Waals surface area contributed by atoms with Crippen molar-refractivity contribution >= 4 is 28.9 Å². The molecule has 0 aliphatic carbocycles. The summed E-state index contributed by atoms with van der Waals surface area (Å²) >= 11 is 0. The Bertz CT molecular complexity index is 936. The zero-order chi connectivity index (χ0) is 20.3. The predicted molar refractivity (Wildman–Crippen MR) is 107 cm³/mol. The molecule has 0 bridgehead atoms. The largest absolute Gasteiger partial charge is 0.366 e. The van der Waals surface area contributed by atoms with Gasteiger partial charge in [0, 0.05) is 43.0 Å². The van der Waals surface area contributed by atoms with Crippen LogP contribution in [0.4, 0.5) is 17.1 Å². The minimum absolute atomic E-state index is 0.0683. The predicted octanol–water partition coefficient (Wildman–Crippen LogP) is 3.12. The number of carbonyl (C=O) groups is 2. The molecular weight excluding hydrogens is 360 g/mol. The Morgan fingerprint density at radius 2 is 1.68 bits per heavy atom. The maximum absolute atomic E-state index is 12.6. The highest BCUT2D eigenvalue weighted by atomic mass is 16.6. The standard InChI is InChI=1S/C20H22N4O4/c1-13-11-14(19(25)21-2)5-7-16(13)22-20(26)15-6-8-17(18(12-15)24(27)28)23-9-3-4-10-23/h5-8,11-12H,3-4,9-10H2,1-2H3,(H,21,25)(H,22,26). The summed E-state index contributed by atoms with van der Waals surface area (Å²) in [4.78, 5) is 37.3. The number of nitrogens with zero attached hydrogens (tertiary/aromatic N) is 2. The molecule has 1 fully saturated rings. The minimum Gasteiger partial charge on any atom is -0.366 e. The number of hydrogen-bond acceptors (Lipinski definition) is 5. The van der Waals surface area contributed by atoms with E-state index in [0.29, 0.717) is 16.9 Å². The van der Waals surface area contributed by atoms with Gasteiger partial charge in [-0.25, -0.2) is 0 Å². The Labute approximate surface area is 162 Å². The molecule has 1 aliphatic rings. The molecule has 3 rings (SSSR count). The molecular formula is C20H22N4O4. The molecule has 8 heteroatoms. The normalized spacial score (nSPS) is 13.3. The van der Waals surface area contributed by atoms with E-state index in [1.807, 2.05) is 4.90 Å². The van der Waals surface area contributed by atoms with Gasteiger partial charge < -0.3 is 15.5 Å². The topological polar surface area (TPSA) is 105 Å². The highest BCUT2D eigenvalue weighted by molar-refractivity contribution is 6.06. The van der Waals surface area contributed by atoms with Gasteiger partial charge in [-0.3, -0.25) is 19.7 Å². The van der Waals surface area contributed by atoms with Gasteiger partial charge in [-0.05, 0) is 55.7 Å². The molecule has 0 unspecified atom stereocenters. The first-order valence-corrected chi connectivity index (χ1v) is 9.08. The lowest BCUT2D eigenvalue weighted by molar-refractivity contribution is -0.384. The Kier molecular flexibility index (Phi) is 5.58. The fourth-order valence-electron chi connectivity index (χ4n) is 3.32. The fourth-order valence-corrected chi connectivity index (χ4v) is 3.32. The summed E-state index contributed by atoms with van der Waals surface area (Å²) in [5.74, 6) is -0.652. The first-order valence-electron chi connectivity index (χ1n) is 9.08. The van der Waals surface area contributed by atoms with Gasteiger partial charge in [0.05, 0.1) is 4.92 Å². The number of carbonyl (C=O) groups excluding carboxylic acids is 2. The second-order valence-corrected chi connectivity index (χ2v) is 6.72. The highest BCUT2D eigenvalue weighted by Crippen LogP contribution is 2.32. The van der Waals surface area contributed by atoms with Crippen LogP contribution < -0.4 is 15.5 Å². The number of aryl methyl sites for hydroxylation is 1. The number of anilines is 2. The van der Waals surface area contributed by atoms with Crippen molar-refractivity contribution < 1.29 is 14.5 Å². The molecule has 2 aromatic carbocycles. The second-order valence-electron chi connectivity index (χ2n) is 6.72. The molecule has 0 atom stereocenters. The molecule has 1 heterocycles. The van der Waals surface area contributed by atoms with Crippen molar-refractivity contribution in [3.8, 4) is 0 Å². The van der Waals surface area contributed by atoms with Crippen molar-refractivity contribution in [1.82, 2.24) is 5.32 Å². The Balaban J connectivity index is 1.83. The van der Waals surface area contributed by atoms with Crippen molar-refractivity contribution in [1.29, 1.82) is 0 Å². The zero-order valence-corrected chi connectivity index (χ0v) is 15.8. The number of rotatable bonds is 5. The maximum atomic E-state index is 12.6. The highest BCUT2D eigenvalue weighted by Gasteiger charge is 2.24. The first-order chi connectivity index (χ1) is 13.4. The number of amides is 2. The molecule has 1 aliphatic heterocycles. The number of nitrogens with one attached hydrogen (secondary N) is 2. The van der Waals surface area contributed by atoms with Crippen LogP contribution in [-0.4, -0.2) is 36.9 Å². The summed E-state index contributed by atoms with van der Waals surface area (Å²) in [6.07, 6.45) is 2.01. The van der Waals surface area contributed by atoms with Gasteiger partial charge in [0.25, 0.3) is 17.5 Å². The van der Waals surface area contributed by atoms with Gasteiger partial charge in [-0.15, -0.1) is 0 Å². The summed E-state index contributed by atoms with van der Waals surface area (Å²) in [6, 6.07) is 9.49. The van der Waals surface area contributed by atoms with Crippen LogP contribution >= 0.6 is 0 Å². The van der Waals surface area contributed by atoms with Gasteiger partial charge in [-0.2, -0.15) is 0 Å². The fraction of sp³-hybridized carbons (Fsp3) is 0.300. The molecule has 2 aromatic rings. The maximum Gasteiger partial charge on any atom is 0.293 e. The van der Waals surface area contributed by atoms with Crippen LogP contribution in [0.5, 0.6) is 0 Å². The third-order valence-electron chi connectivity index (χ3n) is 4.84. The van der Waals surface area contributed by atoms with Crippen LogP contribution in [0.15, 0.2) is 36.4 Å². The van der Waals surface area contributed by atoms with Crippen LogP contribution in [0.2, 0.25) is 0 Å². The van der Waals surface area contributed by atoms with E-state index in [0.717, 1.165) is 31.5 Å². The van der Waals surface area contributed by atoms with Gasteiger partial charge in [0.15, 0.2) is 0 Å². The third-order valence-corrected chi connectivity index (χ3v) is 4.84. The van der Waals surface area contributed by atoms with E-state index in [9.17, 15) is 19.7 Å². The van der Waals surface area contributed by atoms with E-state index in [1.165, 1.54) is 6.07 Å². The van der Waals surface area contributed by atoms with Crippen LogP contribution in [0.3, 0.4) is 0 Å². The second kappa shape index (κ2) is 8.08. The van der Waals surface area contributed by atoms with Crippen molar-refractivity contribution in [3.63, 3.8) is 0 Å². The van der Waals surface area contributed by atoms with Crippen molar-refractivity contribution in [2.45, 2.75) is 19.8 Å². The molecule has 146 valence electrons. The van der Waals surface area contributed by atoms with E-state index in [2.05, 4.69) is 10.6 Å². The number of nitro benzene ring substituents is 1. The van der Waals surface area contributed by atoms with E-state index < -0.39 is 10.8 Å². The molecule has 0 radical (unpaired) electrons. The summed E-state index contributed by atoms with van der Waals surface area (Å²) in [6.45, 7) is 3.34. The average Bonchev–Trinajstić information content (AvgIpc) is 3.22. The smallest absolute Gasteiger partial charge is 0.293 e. The van der Waals surface area contributed by atoms with E-state index in [4.69, 9.17) is 0 Å². The Morgan fingerprint density at radius 1 is 1.04 bits per heavy atom. The molecule has 1 saturated heterocycles. The van der Waals surface area contributed by atoms with Crippen LogP contribution in [0.25, 0.3) is 0 Å². The molecule has 0 spiro atoms. The third kappa shape index (κ3) is 3.95. The van der Waals surface area contributed by atoms with Crippen LogP contribution in [-0.2, 0) is 0 Å². The van der Waals surface area contributed by atoms with Crippen LogP contribution in [0.1, 0.15) is 39.1 Å².